The first kappa shape index (κ1) is 18.6. The number of thiocarbonyl (C=S) groups is 1. The van der Waals surface area contributed by atoms with Gasteiger partial charge in [-0.1, -0.05) is 29.8 Å². The fourth-order valence-electron chi connectivity index (χ4n) is 2.90. The van der Waals surface area contributed by atoms with E-state index in [9.17, 15) is 10.1 Å². The molecule has 0 aliphatic carbocycles. The van der Waals surface area contributed by atoms with E-state index in [-0.39, 0.29) is 5.69 Å². The molecule has 8 heteroatoms. The number of nitro groups is 1. The molecule has 0 bridgehead atoms. The topological polar surface area (TPSA) is 61.7 Å². The second-order valence-electron chi connectivity index (χ2n) is 6.13. The number of nitrogens with zero attached hydrogens (tertiary/aromatic N) is 3. The Morgan fingerprint density at radius 3 is 2.58 bits per heavy atom. The molecule has 1 heterocycles. The number of nitro benzene ring substituents is 1. The van der Waals surface area contributed by atoms with Crippen molar-refractivity contribution in [2.75, 3.05) is 31.5 Å². The number of nitrogens with one attached hydrogen (secondary N) is 1. The Kier molecular flexibility index (Phi) is 6.03. The van der Waals surface area contributed by atoms with Crippen LogP contribution in [0, 0.1) is 10.1 Å². The van der Waals surface area contributed by atoms with Gasteiger partial charge in [0.25, 0.3) is 5.69 Å². The van der Waals surface area contributed by atoms with Crippen LogP contribution in [-0.4, -0.2) is 46.0 Å². The van der Waals surface area contributed by atoms with Crippen LogP contribution in [-0.2, 0) is 6.54 Å². The molecule has 2 aromatic carbocycles. The molecule has 0 unspecified atom stereocenters. The number of piperazine rings is 1. The zero-order valence-electron chi connectivity index (χ0n) is 14.1. The number of benzene rings is 2. The van der Waals surface area contributed by atoms with Crippen LogP contribution >= 0.6 is 23.8 Å². The Morgan fingerprint density at radius 2 is 1.88 bits per heavy atom. The van der Waals surface area contributed by atoms with Gasteiger partial charge in [0.15, 0.2) is 5.11 Å². The van der Waals surface area contributed by atoms with Gasteiger partial charge in [-0.15, -0.1) is 0 Å². The maximum Gasteiger partial charge on any atom is 0.271 e. The third-order valence-electron chi connectivity index (χ3n) is 4.26. The monoisotopic (exact) mass is 390 g/mol. The average molecular weight is 391 g/mol. The largest absolute Gasteiger partial charge is 0.346 e. The normalized spacial score (nSPS) is 14.9. The van der Waals surface area contributed by atoms with Gasteiger partial charge in [-0.3, -0.25) is 15.0 Å². The van der Waals surface area contributed by atoms with Crippen LogP contribution in [0.2, 0.25) is 5.02 Å². The van der Waals surface area contributed by atoms with Gasteiger partial charge < -0.3 is 10.2 Å². The molecule has 1 N–H and O–H groups in total. The number of halogens is 1. The van der Waals surface area contributed by atoms with Crippen molar-refractivity contribution >= 4 is 40.3 Å². The fraction of sp³-hybridized carbons (Fsp3) is 0.278. The minimum absolute atomic E-state index is 0.0455. The van der Waals surface area contributed by atoms with Crippen molar-refractivity contribution in [3.8, 4) is 0 Å². The number of non-ortho nitro benzene ring substituents is 1. The van der Waals surface area contributed by atoms with Gasteiger partial charge in [0.05, 0.1) is 4.92 Å². The predicted octanol–water partition coefficient (Wildman–Crippen LogP) is 3.76. The van der Waals surface area contributed by atoms with E-state index in [1.54, 1.807) is 12.1 Å². The first-order valence-corrected chi connectivity index (χ1v) is 9.07. The Bertz CT molecular complexity index is 809. The highest BCUT2D eigenvalue weighted by atomic mass is 35.5. The smallest absolute Gasteiger partial charge is 0.271 e. The van der Waals surface area contributed by atoms with Gasteiger partial charge in [-0.05, 0) is 36.0 Å². The van der Waals surface area contributed by atoms with Crippen LogP contribution < -0.4 is 5.32 Å². The molecular formula is C18H19ClN4O2S. The lowest BCUT2D eigenvalue weighted by molar-refractivity contribution is -0.384. The summed E-state index contributed by atoms with van der Waals surface area (Å²) in [6.07, 6.45) is 0. The Hall–Kier alpha value is -2.22. The van der Waals surface area contributed by atoms with Crippen LogP contribution in [0.15, 0.2) is 48.5 Å². The molecule has 0 spiro atoms. The number of hydrogen-bond donors (Lipinski definition) is 1. The van der Waals surface area contributed by atoms with Gasteiger partial charge in [-0.25, -0.2) is 0 Å². The van der Waals surface area contributed by atoms with Crippen molar-refractivity contribution in [1.82, 2.24) is 9.80 Å². The second kappa shape index (κ2) is 8.44. The number of anilines is 1. The highest BCUT2D eigenvalue weighted by molar-refractivity contribution is 7.80. The molecule has 1 fully saturated rings. The molecule has 0 saturated carbocycles. The minimum Gasteiger partial charge on any atom is -0.346 e. The minimum atomic E-state index is -0.414. The average Bonchev–Trinajstić information content (AvgIpc) is 2.62. The number of hydrogen-bond acceptors (Lipinski definition) is 4. The first-order chi connectivity index (χ1) is 12.5. The Labute approximate surface area is 162 Å². The zero-order chi connectivity index (χ0) is 18.5. The van der Waals surface area contributed by atoms with Crippen LogP contribution in [0.25, 0.3) is 0 Å². The van der Waals surface area contributed by atoms with Crippen LogP contribution in [0.4, 0.5) is 11.4 Å². The lowest BCUT2D eigenvalue weighted by Gasteiger charge is -2.36. The molecule has 0 amide bonds. The molecule has 0 atom stereocenters. The van der Waals surface area contributed by atoms with Crippen LogP contribution in [0.5, 0.6) is 0 Å². The lowest BCUT2D eigenvalue weighted by atomic mass is 10.2. The van der Waals surface area contributed by atoms with Crippen molar-refractivity contribution in [3.63, 3.8) is 0 Å². The molecule has 2 aromatic rings. The van der Waals surface area contributed by atoms with E-state index in [2.05, 4.69) is 21.2 Å². The molecule has 3 rings (SSSR count). The molecule has 136 valence electrons. The quantitative estimate of drug-likeness (QED) is 0.487. The second-order valence-corrected chi connectivity index (χ2v) is 6.95. The Morgan fingerprint density at radius 1 is 1.15 bits per heavy atom. The molecular weight excluding hydrogens is 372 g/mol. The standard InChI is InChI=1S/C18H19ClN4O2S/c19-15-4-1-3-14(11-15)13-21-7-9-22(10-8-21)18(26)20-16-5-2-6-17(12-16)23(24)25/h1-6,11-12H,7-10,13H2,(H,20,26). The molecule has 0 radical (unpaired) electrons. The SMILES string of the molecule is O=[N+]([O-])c1cccc(NC(=S)N2CCN(Cc3cccc(Cl)c3)CC2)c1. The fourth-order valence-corrected chi connectivity index (χ4v) is 3.42. The summed E-state index contributed by atoms with van der Waals surface area (Å²) in [4.78, 5) is 14.9. The van der Waals surface area contributed by atoms with Gasteiger partial charge in [0, 0.05) is 55.6 Å². The van der Waals surface area contributed by atoms with E-state index in [1.165, 1.54) is 17.7 Å². The van der Waals surface area contributed by atoms with Crippen molar-refractivity contribution < 1.29 is 4.92 Å². The van der Waals surface area contributed by atoms with Crippen molar-refractivity contribution in [2.24, 2.45) is 0 Å². The summed E-state index contributed by atoms with van der Waals surface area (Å²) in [7, 11) is 0. The molecule has 1 saturated heterocycles. The molecule has 6 nitrogen and oxygen atoms in total. The van der Waals surface area contributed by atoms with E-state index in [0.29, 0.717) is 10.8 Å². The third-order valence-corrected chi connectivity index (χ3v) is 4.86. The molecule has 0 aromatic heterocycles. The number of rotatable bonds is 4. The predicted molar refractivity (Wildman–Crippen MR) is 108 cm³/mol. The van der Waals surface area contributed by atoms with E-state index in [0.717, 1.165) is 37.7 Å². The summed E-state index contributed by atoms with van der Waals surface area (Å²) in [5.41, 5.74) is 1.87. The maximum absolute atomic E-state index is 10.9. The van der Waals surface area contributed by atoms with Gasteiger partial charge in [-0.2, -0.15) is 0 Å². The summed E-state index contributed by atoms with van der Waals surface area (Å²) in [5.74, 6) is 0. The van der Waals surface area contributed by atoms with Gasteiger partial charge in [0.1, 0.15) is 0 Å². The summed E-state index contributed by atoms with van der Waals surface area (Å²) in [6, 6.07) is 14.3. The van der Waals surface area contributed by atoms with Crippen molar-refractivity contribution in [1.29, 1.82) is 0 Å². The highest BCUT2D eigenvalue weighted by Gasteiger charge is 2.19. The van der Waals surface area contributed by atoms with Gasteiger partial charge in [0.2, 0.25) is 0 Å². The summed E-state index contributed by atoms with van der Waals surface area (Å²) in [6.45, 7) is 4.26. The first-order valence-electron chi connectivity index (χ1n) is 8.28. The Balaban J connectivity index is 1.52. The molecule has 1 aliphatic rings. The highest BCUT2D eigenvalue weighted by Crippen LogP contribution is 2.18. The maximum atomic E-state index is 10.9. The van der Waals surface area contributed by atoms with Crippen molar-refractivity contribution in [3.05, 3.63) is 69.2 Å². The van der Waals surface area contributed by atoms with E-state index >= 15 is 0 Å². The van der Waals surface area contributed by atoms with Gasteiger partial charge >= 0.3 is 0 Å². The lowest BCUT2D eigenvalue weighted by Crippen LogP contribution is -2.49. The third kappa shape index (κ3) is 4.91. The van der Waals surface area contributed by atoms with Crippen LogP contribution in [0.3, 0.4) is 0 Å². The summed E-state index contributed by atoms with van der Waals surface area (Å²) in [5, 5.41) is 15.3. The molecule has 26 heavy (non-hydrogen) atoms. The summed E-state index contributed by atoms with van der Waals surface area (Å²) >= 11 is 11.5. The van der Waals surface area contributed by atoms with E-state index in [4.69, 9.17) is 23.8 Å². The van der Waals surface area contributed by atoms with Crippen LogP contribution in [0.1, 0.15) is 5.56 Å². The zero-order valence-corrected chi connectivity index (χ0v) is 15.7. The van der Waals surface area contributed by atoms with E-state index in [1.807, 2.05) is 18.2 Å². The van der Waals surface area contributed by atoms with Crippen molar-refractivity contribution in [2.45, 2.75) is 6.54 Å². The summed E-state index contributed by atoms with van der Waals surface area (Å²) < 4.78 is 0. The molecule has 1 aliphatic heterocycles. The van der Waals surface area contributed by atoms with E-state index < -0.39 is 4.92 Å².